The summed E-state index contributed by atoms with van der Waals surface area (Å²) < 4.78 is 4.82. The highest BCUT2D eigenvalue weighted by Gasteiger charge is 2.75. The fraction of sp³-hybridized carbons (Fsp3) is 0.486. The zero-order valence-corrected chi connectivity index (χ0v) is 28.5. The van der Waals surface area contributed by atoms with Gasteiger partial charge in [-0.3, -0.25) is 14.4 Å². The average molecular weight is 646 g/mol. The first-order chi connectivity index (χ1) is 22.0. The molecule has 0 aromatic heterocycles. The second kappa shape index (κ2) is 13.7. The van der Waals surface area contributed by atoms with Crippen LogP contribution in [0.5, 0.6) is 5.75 Å². The van der Waals surface area contributed by atoms with Gasteiger partial charge in [-0.25, -0.2) is 0 Å². The number of thioether (sulfide) groups is 1. The van der Waals surface area contributed by atoms with Gasteiger partial charge in [0.25, 0.3) is 5.91 Å². The molecule has 246 valence electrons. The molecule has 5 rings (SSSR count). The monoisotopic (exact) mass is 645 g/mol. The molecule has 6 atom stereocenters. The molecule has 3 saturated heterocycles. The van der Waals surface area contributed by atoms with Gasteiger partial charge in [-0.05, 0) is 81.0 Å². The molecule has 8 nitrogen and oxygen atoms in total. The third-order valence-corrected chi connectivity index (χ3v) is 11.8. The topological polar surface area (TPSA) is 90.4 Å². The van der Waals surface area contributed by atoms with Crippen molar-refractivity contribution in [2.75, 3.05) is 36.1 Å². The Bertz CT molecular complexity index is 1490. The van der Waals surface area contributed by atoms with E-state index < -0.39 is 28.7 Å². The summed E-state index contributed by atoms with van der Waals surface area (Å²) in [5.74, 6) is -1.25. The van der Waals surface area contributed by atoms with E-state index in [1.165, 1.54) is 0 Å². The van der Waals surface area contributed by atoms with Crippen LogP contribution in [-0.2, 0) is 14.4 Å². The Morgan fingerprint density at radius 1 is 1.09 bits per heavy atom. The fourth-order valence-corrected chi connectivity index (χ4v) is 9.94. The van der Waals surface area contributed by atoms with Gasteiger partial charge in [0, 0.05) is 29.7 Å². The number of nitrogens with zero attached hydrogens (tertiary/aromatic N) is 3. The number of aryl methyl sites for hydroxylation is 2. The first-order valence-electron chi connectivity index (χ1n) is 16.3. The number of anilines is 2. The largest absolute Gasteiger partial charge is 0.494 e. The minimum absolute atomic E-state index is 0.103. The quantitative estimate of drug-likeness (QED) is 0.288. The summed E-state index contributed by atoms with van der Waals surface area (Å²) in [6.07, 6.45) is 4.77. The van der Waals surface area contributed by atoms with Crippen molar-refractivity contribution >= 4 is 40.9 Å². The van der Waals surface area contributed by atoms with E-state index in [0.717, 1.165) is 23.2 Å². The summed E-state index contributed by atoms with van der Waals surface area (Å²) >= 11 is 1.64. The summed E-state index contributed by atoms with van der Waals surface area (Å²) in [5.41, 5.74) is 3.44. The van der Waals surface area contributed by atoms with Gasteiger partial charge in [-0.1, -0.05) is 38.1 Å². The third kappa shape index (κ3) is 5.66. The summed E-state index contributed by atoms with van der Waals surface area (Å²) in [4.78, 5) is 49.5. The molecule has 0 aliphatic carbocycles. The second-order valence-electron chi connectivity index (χ2n) is 13.0. The zero-order chi connectivity index (χ0) is 33.3. The van der Waals surface area contributed by atoms with E-state index in [9.17, 15) is 14.7 Å². The SMILES string of the molecule is C=CCN(C(=O)[C@@H]1[C@H]2C(=O)N([C@@H](CO)C(C)C)C(C(=O)N(CC=C)c3cc(C)ccc3C)C23CC[C@H]1S3)c1ccc(OCC)cc1. The highest BCUT2D eigenvalue weighted by molar-refractivity contribution is 8.02. The smallest absolute Gasteiger partial charge is 0.251 e. The van der Waals surface area contributed by atoms with Crippen molar-refractivity contribution in [3.05, 3.63) is 78.9 Å². The fourth-order valence-electron chi connectivity index (χ4n) is 7.74. The van der Waals surface area contributed by atoms with Gasteiger partial charge >= 0.3 is 0 Å². The van der Waals surface area contributed by atoms with E-state index in [0.29, 0.717) is 24.5 Å². The highest BCUT2D eigenvalue weighted by atomic mass is 32.2. The minimum Gasteiger partial charge on any atom is -0.494 e. The Morgan fingerprint density at radius 3 is 2.37 bits per heavy atom. The maximum atomic E-state index is 15.0. The molecule has 2 bridgehead atoms. The van der Waals surface area contributed by atoms with Crippen molar-refractivity contribution < 1.29 is 24.2 Å². The van der Waals surface area contributed by atoms with E-state index in [4.69, 9.17) is 4.74 Å². The molecule has 3 amide bonds. The Morgan fingerprint density at radius 2 is 1.76 bits per heavy atom. The maximum absolute atomic E-state index is 15.0. The van der Waals surface area contributed by atoms with Crippen LogP contribution in [0.25, 0.3) is 0 Å². The van der Waals surface area contributed by atoms with Crippen LogP contribution in [0.3, 0.4) is 0 Å². The third-order valence-electron chi connectivity index (χ3n) is 9.84. The number of aliphatic hydroxyl groups is 1. The van der Waals surface area contributed by atoms with Gasteiger partial charge in [0.05, 0.1) is 35.8 Å². The number of carbonyl (C=O) groups excluding carboxylic acids is 3. The van der Waals surface area contributed by atoms with E-state index >= 15 is 4.79 Å². The summed E-state index contributed by atoms with van der Waals surface area (Å²) in [6.45, 7) is 18.5. The van der Waals surface area contributed by atoms with Gasteiger partial charge in [0.15, 0.2) is 0 Å². The molecule has 46 heavy (non-hydrogen) atoms. The Kier molecular flexibility index (Phi) is 10.0. The zero-order valence-electron chi connectivity index (χ0n) is 27.6. The van der Waals surface area contributed by atoms with Gasteiger partial charge in [0.1, 0.15) is 11.8 Å². The van der Waals surface area contributed by atoms with Crippen LogP contribution in [-0.4, -0.2) is 76.1 Å². The normalized spacial score (nSPS) is 25.4. The van der Waals surface area contributed by atoms with Crippen LogP contribution in [0, 0.1) is 31.6 Å². The molecule has 2 aromatic carbocycles. The van der Waals surface area contributed by atoms with Gasteiger partial charge in [-0.15, -0.1) is 24.9 Å². The molecule has 0 saturated carbocycles. The van der Waals surface area contributed by atoms with Crippen molar-refractivity contribution in [1.29, 1.82) is 0 Å². The molecule has 1 N–H and O–H groups in total. The lowest BCUT2D eigenvalue weighted by molar-refractivity contribution is -0.142. The molecule has 3 fully saturated rings. The van der Waals surface area contributed by atoms with Crippen molar-refractivity contribution in [2.45, 2.75) is 69.5 Å². The van der Waals surface area contributed by atoms with Crippen molar-refractivity contribution in [3.8, 4) is 5.75 Å². The lowest BCUT2D eigenvalue weighted by Gasteiger charge is -2.41. The number of rotatable bonds is 13. The Labute approximate surface area is 277 Å². The summed E-state index contributed by atoms with van der Waals surface area (Å²) in [5, 5.41) is 10.5. The predicted molar refractivity (Wildman–Crippen MR) is 185 cm³/mol. The molecular formula is C37H47N3O5S. The van der Waals surface area contributed by atoms with E-state index in [2.05, 4.69) is 13.2 Å². The predicted octanol–water partition coefficient (Wildman–Crippen LogP) is 5.55. The number of amides is 3. The number of aliphatic hydroxyl groups excluding tert-OH is 1. The van der Waals surface area contributed by atoms with E-state index in [-0.39, 0.29) is 48.6 Å². The molecule has 3 aliphatic rings. The van der Waals surface area contributed by atoms with Gasteiger partial charge < -0.3 is 24.5 Å². The number of hydrogen-bond acceptors (Lipinski definition) is 6. The number of hydrogen-bond donors (Lipinski definition) is 1. The molecule has 3 aliphatic heterocycles. The number of carbonyl (C=O) groups is 3. The van der Waals surface area contributed by atoms with E-state index in [1.807, 2.05) is 77.1 Å². The van der Waals surface area contributed by atoms with Crippen LogP contribution < -0.4 is 14.5 Å². The molecule has 2 aromatic rings. The molecule has 0 radical (unpaired) electrons. The lowest BCUT2D eigenvalue weighted by Crippen LogP contribution is -2.58. The van der Waals surface area contributed by atoms with Crippen LogP contribution in [0.15, 0.2) is 67.8 Å². The average Bonchev–Trinajstić information content (AvgIpc) is 3.68. The Hall–Kier alpha value is -3.56. The van der Waals surface area contributed by atoms with Crippen LogP contribution in [0.2, 0.25) is 0 Å². The molecule has 2 unspecified atom stereocenters. The van der Waals surface area contributed by atoms with E-state index in [1.54, 1.807) is 38.6 Å². The standard InChI is InChI=1S/C37H47N3O5S/c1-8-19-38(26-13-15-27(16-14-26)45-10-3)34(42)31-30-17-18-37(46-30)32(31)35(43)40(29(22-41)23(4)5)33(37)36(44)39(20-9-2)28-21-24(6)11-12-25(28)7/h8-9,11-16,21,23,29-33,41H,1-2,10,17-20,22H2,3-7H3/t29-,30+,31-,32-,33?,37?/m0/s1. The number of fused-ring (bicyclic) bond motifs is 1. The van der Waals surface area contributed by atoms with Crippen LogP contribution >= 0.6 is 11.8 Å². The Balaban J connectivity index is 1.59. The first kappa shape index (κ1) is 33.8. The summed E-state index contributed by atoms with van der Waals surface area (Å²) in [6, 6.07) is 12.0. The minimum atomic E-state index is -0.837. The number of benzene rings is 2. The van der Waals surface area contributed by atoms with Crippen LogP contribution in [0.1, 0.15) is 44.7 Å². The molecular weight excluding hydrogens is 598 g/mol. The number of ether oxygens (including phenoxy) is 1. The lowest BCUT2D eigenvalue weighted by atomic mass is 9.70. The molecule has 3 heterocycles. The van der Waals surface area contributed by atoms with Crippen molar-refractivity contribution in [2.24, 2.45) is 17.8 Å². The van der Waals surface area contributed by atoms with Crippen molar-refractivity contribution in [3.63, 3.8) is 0 Å². The van der Waals surface area contributed by atoms with Crippen LogP contribution in [0.4, 0.5) is 11.4 Å². The molecule has 9 heteroatoms. The maximum Gasteiger partial charge on any atom is 0.251 e. The van der Waals surface area contributed by atoms with Gasteiger partial charge in [-0.2, -0.15) is 0 Å². The first-order valence-corrected chi connectivity index (χ1v) is 17.2. The second-order valence-corrected chi connectivity index (χ2v) is 14.6. The highest BCUT2D eigenvalue weighted by Crippen LogP contribution is 2.67. The molecule has 1 spiro atoms. The van der Waals surface area contributed by atoms with Gasteiger partial charge in [0.2, 0.25) is 11.8 Å². The summed E-state index contributed by atoms with van der Waals surface area (Å²) in [7, 11) is 0. The number of likely N-dealkylation sites (tertiary alicyclic amines) is 1. The van der Waals surface area contributed by atoms with Crippen molar-refractivity contribution in [1.82, 2.24) is 4.90 Å².